The molecular formula is C15H21NO3. The number of hydrogen-bond acceptors (Lipinski definition) is 4. The molecule has 4 heteroatoms. The third-order valence-electron chi connectivity index (χ3n) is 3.28. The van der Waals surface area contributed by atoms with Crippen molar-refractivity contribution < 1.29 is 14.2 Å². The number of likely N-dealkylation sites (N-methyl/N-ethyl adjacent to an activating group) is 1. The molecule has 0 spiro atoms. The molecule has 0 bridgehead atoms. The van der Waals surface area contributed by atoms with Crippen molar-refractivity contribution in [2.75, 3.05) is 27.9 Å². The van der Waals surface area contributed by atoms with E-state index in [-0.39, 0.29) is 6.04 Å². The summed E-state index contributed by atoms with van der Waals surface area (Å²) in [6.45, 7) is 0.774. The summed E-state index contributed by atoms with van der Waals surface area (Å²) < 4.78 is 16.5. The van der Waals surface area contributed by atoms with Crippen LogP contribution in [0.25, 0.3) is 0 Å². The molecule has 0 fully saturated rings. The van der Waals surface area contributed by atoms with Crippen LogP contribution in [0.2, 0.25) is 0 Å². The van der Waals surface area contributed by atoms with Gasteiger partial charge >= 0.3 is 0 Å². The summed E-state index contributed by atoms with van der Waals surface area (Å²) in [6.07, 6.45) is 4.28. The molecule has 1 aliphatic rings. The van der Waals surface area contributed by atoms with Gasteiger partial charge in [0.05, 0.1) is 26.9 Å². The average molecular weight is 263 g/mol. The molecule has 0 aromatic heterocycles. The third-order valence-corrected chi connectivity index (χ3v) is 3.28. The lowest BCUT2D eigenvalue weighted by atomic mass is 10.0. The summed E-state index contributed by atoms with van der Waals surface area (Å²) in [5.41, 5.74) is 1.03. The Morgan fingerprint density at radius 3 is 2.68 bits per heavy atom. The predicted molar refractivity (Wildman–Crippen MR) is 74.6 cm³/mol. The Labute approximate surface area is 114 Å². The Balaban J connectivity index is 2.38. The number of allylic oxidation sites excluding steroid dienone is 1. The van der Waals surface area contributed by atoms with Crippen molar-refractivity contribution in [1.29, 1.82) is 0 Å². The predicted octanol–water partition coefficient (Wildman–Crippen LogP) is 2.66. The van der Waals surface area contributed by atoms with Gasteiger partial charge in [-0.25, -0.2) is 0 Å². The van der Waals surface area contributed by atoms with E-state index in [1.165, 1.54) is 0 Å². The lowest BCUT2D eigenvalue weighted by Crippen LogP contribution is -2.22. The maximum Gasteiger partial charge on any atom is 0.124 e. The molecule has 0 radical (unpaired) electrons. The average Bonchev–Trinajstić information content (AvgIpc) is 2.49. The van der Waals surface area contributed by atoms with Crippen molar-refractivity contribution in [3.8, 4) is 11.5 Å². The highest BCUT2D eigenvalue weighted by molar-refractivity contribution is 5.44. The summed E-state index contributed by atoms with van der Waals surface area (Å²) in [7, 11) is 5.26. The largest absolute Gasteiger partial charge is 0.497 e. The molecule has 1 heterocycles. The molecule has 1 aliphatic heterocycles. The summed E-state index contributed by atoms with van der Waals surface area (Å²) in [4.78, 5) is 0. The van der Waals surface area contributed by atoms with Gasteiger partial charge in [-0.3, -0.25) is 0 Å². The van der Waals surface area contributed by atoms with Crippen LogP contribution in [0.15, 0.2) is 30.0 Å². The van der Waals surface area contributed by atoms with Crippen LogP contribution in [0.3, 0.4) is 0 Å². The van der Waals surface area contributed by atoms with Crippen LogP contribution < -0.4 is 14.8 Å². The highest BCUT2D eigenvalue weighted by atomic mass is 16.5. The van der Waals surface area contributed by atoms with Crippen molar-refractivity contribution in [2.45, 2.75) is 18.9 Å². The molecule has 1 unspecified atom stereocenters. The van der Waals surface area contributed by atoms with Gasteiger partial charge in [-0.1, -0.05) is 0 Å². The summed E-state index contributed by atoms with van der Waals surface area (Å²) >= 11 is 0. The second-order valence-electron chi connectivity index (χ2n) is 4.43. The van der Waals surface area contributed by atoms with Crippen molar-refractivity contribution in [2.24, 2.45) is 0 Å². The van der Waals surface area contributed by atoms with Crippen LogP contribution in [0, 0.1) is 0 Å². The van der Waals surface area contributed by atoms with E-state index in [0.717, 1.165) is 42.3 Å². The van der Waals surface area contributed by atoms with Crippen molar-refractivity contribution in [3.63, 3.8) is 0 Å². The van der Waals surface area contributed by atoms with Crippen LogP contribution in [0.5, 0.6) is 11.5 Å². The highest BCUT2D eigenvalue weighted by Gasteiger charge is 2.22. The van der Waals surface area contributed by atoms with Gasteiger partial charge in [0, 0.05) is 5.56 Å². The Morgan fingerprint density at radius 1 is 1.26 bits per heavy atom. The minimum Gasteiger partial charge on any atom is -0.497 e. The maximum atomic E-state index is 5.76. The van der Waals surface area contributed by atoms with Crippen molar-refractivity contribution in [1.82, 2.24) is 5.32 Å². The Hall–Kier alpha value is -1.68. The van der Waals surface area contributed by atoms with Crippen molar-refractivity contribution >= 4 is 0 Å². The molecule has 1 N–H and O–H groups in total. The number of nitrogens with one attached hydrogen (secondary N) is 1. The van der Waals surface area contributed by atoms with Gasteiger partial charge in [0.25, 0.3) is 0 Å². The molecule has 104 valence electrons. The first-order chi connectivity index (χ1) is 9.30. The second kappa shape index (κ2) is 6.48. The summed E-state index contributed by atoms with van der Waals surface area (Å²) in [5, 5.41) is 3.29. The van der Waals surface area contributed by atoms with Gasteiger partial charge < -0.3 is 19.5 Å². The first-order valence-corrected chi connectivity index (χ1v) is 6.52. The molecule has 1 aromatic rings. The maximum absolute atomic E-state index is 5.76. The van der Waals surface area contributed by atoms with E-state index in [9.17, 15) is 0 Å². The second-order valence-corrected chi connectivity index (χ2v) is 4.43. The first-order valence-electron chi connectivity index (χ1n) is 6.52. The van der Waals surface area contributed by atoms with Crippen LogP contribution in [-0.2, 0) is 4.74 Å². The third kappa shape index (κ3) is 3.01. The van der Waals surface area contributed by atoms with E-state index in [4.69, 9.17) is 14.2 Å². The van der Waals surface area contributed by atoms with Gasteiger partial charge in [-0.05, 0) is 44.2 Å². The SMILES string of the molecule is CNC(C1=CCCCO1)c1cc(OC)ccc1OC. The van der Waals surface area contributed by atoms with Crippen LogP contribution in [-0.4, -0.2) is 27.9 Å². The van der Waals surface area contributed by atoms with Crippen LogP contribution in [0.1, 0.15) is 24.4 Å². The minimum absolute atomic E-state index is 0.00894. The highest BCUT2D eigenvalue weighted by Crippen LogP contribution is 2.34. The quantitative estimate of drug-likeness (QED) is 0.886. The lowest BCUT2D eigenvalue weighted by molar-refractivity contribution is 0.169. The Morgan fingerprint density at radius 2 is 2.11 bits per heavy atom. The molecule has 0 aliphatic carbocycles. The zero-order valence-electron chi connectivity index (χ0n) is 11.7. The fourth-order valence-corrected chi connectivity index (χ4v) is 2.29. The molecule has 19 heavy (non-hydrogen) atoms. The molecule has 0 saturated heterocycles. The summed E-state index contributed by atoms with van der Waals surface area (Å²) in [5.74, 6) is 2.60. The van der Waals surface area contributed by atoms with E-state index in [2.05, 4.69) is 11.4 Å². The van der Waals surface area contributed by atoms with Gasteiger partial charge in [0.1, 0.15) is 17.3 Å². The van der Waals surface area contributed by atoms with E-state index >= 15 is 0 Å². The Bertz CT molecular complexity index is 457. The standard InChI is InChI=1S/C15H21NO3/c1-16-15(14-6-4-5-9-19-14)12-10-11(17-2)7-8-13(12)18-3/h6-8,10,15-16H,4-5,9H2,1-3H3. The fourth-order valence-electron chi connectivity index (χ4n) is 2.29. The van der Waals surface area contributed by atoms with Gasteiger partial charge in [-0.15, -0.1) is 0 Å². The molecule has 4 nitrogen and oxygen atoms in total. The molecular weight excluding hydrogens is 242 g/mol. The fraction of sp³-hybridized carbons (Fsp3) is 0.467. The number of ether oxygens (including phenoxy) is 3. The molecule has 2 rings (SSSR count). The number of hydrogen-bond donors (Lipinski definition) is 1. The molecule has 0 saturated carbocycles. The van der Waals surface area contributed by atoms with Crippen molar-refractivity contribution in [3.05, 3.63) is 35.6 Å². The summed E-state index contributed by atoms with van der Waals surface area (Å²) in [6, 6.07) is 5.79. The lowest BCUT2D eigenvalue weighted by Gasteiger charge is -2.25. The molecule has 1 atom stereocenters. The normalized spacial score (nSPS) is 16.3. The number of methoxy groups -OCH3 is 2. The topological polar surface area (TPSA) is 39.7 Å². The van der Waals surface area contributed by atoms with E-state index in [1.54, 1.807) is 14.2 Å². The Kier molecular flexibility index (Phi) is 4.68. The molecule has 0 amide bonds. The zero-order chi connectivity index (χ0) is 13.7. The van der Waals surface area contributed by atoms with E-state index < -0.39 is 0 Å². The van der Waals surface area contributed by atoms with Gasteiger partial charge in [0.2, 0.25) is 0 Å². The minimum atomic E-state index is -0.00894. The van der Waals surface area contributed by atoms with Crippen LogP contribution in [0.4, 0.5) is 0 Å². The van der Waals surface area contributed by atoms with E-state index in [1.807, 2.05) is 25.2 Å². The molecule has 1 aromatic carbocycles. The van der Waals surface area contributed by atoms with Gasteiger partial charge in [-0.2, -0.15) is 0 Å². The van der Waals surface area contributed by atoms with Crippen LogP contribution >= 0.6 is 0 Å². The van der Waals surface area contributed by atoms with E-state index in [0.29, 0.717) is 0 Å². The zero-order valence-corrected chi connectivity index (χ0v) is 11.7. The smallest absolute Gasteiger partial charge is 0.124 e. The number of rotatable bonds is 5. The van der Waals surface area contributed by atoms with Gasteiger partial charge in [0.15, 0.2) is 0 Å². The monoisotopic (exact) mass is 263 g/mol. The number of benzene rings is 1. The first kappa shape index (κ1) is 13.7.